The van der Waals surface area contributed by atoms with E-state index in [1.54, 1.807) is 12.1 Å². The summed E-state index contributed by atoms with van der Waals surface area (Å²) in [7, 11) is 0. The number of fused-ring (bicyclic) bond motifs is 1. The molecule has 0 saturated heterocycles. The minimum absolute atomic E-state index is 0.0359. The average Bonchev–Trinajstić information content (AvgIpc) is 2.59. The molecule has 2 aromatic rings. The van der Waals surface area contributed by atoms with Gasteiger partial charge in [-0.1, -0.05) is 22.8 Å². The Balaban J connectivity index is 2.37. The van der Waals surface area contributed by atoms with E-state index in [2.05, 4.69) is 5.16 Å². The molecule has 0 saturated carbocycles. The number of para-hydroxylation sites is 1. The number of carbonyl (C=O) groups is 1. The second-order valence-corrected chi connectivity index (χ2v) is 3.55. The van der Waals surface area contributed by atoms with Crippen LogP contribution in [0.5, 0.6) is 0 Å². The number of aliphatic carboxylic acids is 1. The van der Waals surface area contributed by atoms with Crippen LogP contribution in [0.3, 0.4) is 0 Å². The number of nitrogens with zero attached hydrogens (tertiary/aromatic N) is 1. The van der Waals surface area contributed by atoms with Crippen molar-refractivity contribution in [1.29, 1.82) is 0 Å². The summed E-state index contributed by atoms with van der Waals surface area (Å²) < 4.78 is 5.04. The Bertz CT molecular complexity index is 506. The molecule has 0 aliphatic rings. The number of rotatable bonds is 3. The van der Waals surface area contributed by atoms with Gasteiger partial charge in [-0.25, -0.2) is 0 Å². The third-order valence-electron chi connectivity index (χ3n) is 2.10. The predicted molar refractivity (Wildman–Crippen MR) is 55.0 cm³/mol. The maximum atomic E-state index is 10.4. The standard InChI is InChI=1S/C10H8ClNO3/c11-7-3-1-2-6-8(4-5-9(13)14)12-15-10(6)7/h1-3H,4-5H2,(H,13,14). The fraction of sp³-hybridized carbons (Fsp3) is 0.200. The van der Waals surface area contributed by atoms with Crippen molar-refractivity contribution < 1.29 is 14.4 Å². The van der Waals surface area contributed by atoms with E-state index in [1.807, 2.05) is 6.07 Å². The zero-order chi connectivity index (χ0) is 10.8. The van der Waals surface area contributed by atoms with Crippen LogP contribution in [0.1, 0.15) is 12.1 Å². The van der Waals surface area contributed by atoms with Gasteiger partial charge >= 0.3 is 5.97 Å². The monoisotopic (exact) mass is 225 g/mol. The van der Waals surface area contributed by atoms with Crippen molar-refractivity contribution in [3.63, 3.8) is 0 Å². The number of hydrogen-bond acceptors (Lipinski definition) is 3. The third kappa shape index (κ3) is 1.94. The van der Waals surface area contributed by atoms with E-state index >= 15 is 0 Å². The Morgan fingerprint density at radius 1 is 1.53 bits per heavy atom. The van der Waals surface area contributed by atoms with Crippen molar-refractivity contribution >= 4 is 28.5 Å². The van der Waals surface area contributed by atoms with Crippen molar-refractivity contribution in [3.05, 3.63) is 28.9 Å². The van der Waals surface area contributed by atoms with E-state index in [0.29, 0.717) is 22.7 Å². The number of carboxylic acids is 1. The normalized spacial score (nSPS) is 10.7. The van der Waals surface area contributed by atoms with E-state index < -0.39 is 5.97 Å². The van der Waals surface area contributed by atoms with E-state index in [1.165, 1.54) is 0 Å². The molecule has 1 aromatic heterocycles. The van der Waals surface area contributed by atoms with Crippen LogP contribution in [0.25, 0.3) is 11.0 Å². The van der Waals surface area contributed by atoms with Crippen molar-refractivity contribution in [2.24, 2.45) is 0 Å². The van der Waals surface area contributed by atoms with Gasteiger partial charge in [0.15, 0.2) is 5.58 Å². The molecular weight excluding hydrogens is 218 g/mol. The van der Waals surface area contributed by atoms with E-state index in [9.17, 15) is 4.79 Å². The van der Waals surface area contributed by atoms with Gasteiger partial charge in [0.2, 0.25) is 0 Å². The smallest absolute Gasteiger partial charge is 0.303 e. The highest BCUT2D eigenvalue weighted by molar-refractivity contribution is 6.34. The lowest BCUT2D eigenvalue weighted by Crippen LogP contribution is -1.97. The van der Waals surface area contributed by atoms with Crippen molar-refractivity contribution in [3.8, 4) is 0 Å². The summed E-state index contributed by atoms with van der Waals surface area (Å²) in [5, 5.41) is 13.6. The van der Waals surface area contributed by atoms with Crippen molar-refractivity contribution in [2.75, 3.05) is 0 Å². The molecule has 5 heteroatoms. The highest BCUT2D eigenvalue weighted by Gasteiger charge is 2.11. The quantitative estimate of drug-likeness (QED) is 0.872. The lowest BCUT2D eigenvalue weighted by molar-refractivity contribution is -0.136. The van der Waals surface area contributed by atoms with Gasteiger partial charge in [0.25, 0.3) is 0 Å². The van der Waals surface area contributed by atoms with E-state index in [4.69, 9.17) is 21.2 Å². The lowest BCUT2D eigenvalue weighted by atomic mass is 10.1. The molecule has 0 amide bonds. The van der Waals surface area contributed by atoms with Gasteiger partial charge in [-0.3, -0.25) is 4.79 Å². The second-order valence-electron chi connectivity index (χ2n) is 3.14. The number of aryl methyl sites for hydroxylation is 1. The number of halogens is 1. The predicted octanol–water partition coefficient (Wildman–Crippen LogP) is 2.50. The fourth-order valence-electron chi connectivity index (χ4n) is 1.38. The largest absolute Gasteiger partial charge is 0.481 e. The Kier molecular flexibility index (Phi) is 2.60. The molecular formula is C10H8ClNO3. The Morgan fingerprint density at radius 3 is 3.07 bits per heavy atom. The van der Waals surface area contributed by atoms with E-state index in [-0.39, 0.29) is 6.42 Å². The molecule has 0 aliphatic carbocycles. The van der Waals surface area contributed by atoms with Crippen LogP contribution in [0.15, 0.2) is 22.7 Å². The SMILES string of the molecule is O=C(O)CCc1noc2c(Cl)cccc12. The van der Waals surface area contributed by atoms with E-state index in [0.717, 1.165) is 5.39 Å². The van der Waals surface area contributed by atoms with Crippen LogP contribution in [0.2, 0.25) is 5.02 Å². The summed E-state index contributed by atoms with van der Waals surface area (Å²) in [6.45, 7) is 0. The van der Waals surface area contributed by atoms with Gasteiger partial charge in [-0.15, -0.1) is 0 Å². The Hall–Kier alpha value is -1.55. The summed E-state index contributed by atoms with van der Waals surface area (Å²) in [5.41, 5.74) is 1.15. The number of hydrogen-bond donors (Lipinski definition) is 1. The molecule has 0 aliphatic heterocycles. The zero-order valence-corrected chi connectivity index (χ0v) is 8.49. The molecule has 0 spiro atoms. The summed E-state index contributed by atoms with van der Waals surface area (Å²) in [6, 6.07) is 5.30. The van der Waals surface area contributed by atoms with Crippen LogP contribution in [-0.2, 0) is 11.2 Å². The number of aromatic nitrogens is 1. The zero-order valence-electron chi connectivity index (χ0n) is 7.74. The lowest BCUT2D eigenvalue weighted by Gasteiger charge is -1.93. The topological polar surface area (TPSA) is 63.3 Å². The highest BCUT2D eigenvalue weighted by atomic mass is 35.5. The molecule has 1 aromatic carbocycles. The van der Waals surface area contributed by atoms with Crippen LogP contribution in [0, 0.1) is 0 Å². The molecule has 0 fully saturated rings. The molecule has 15 heavy (non-hydrogen) atoms. The minimum atomic E-state index is -0.854. The summed E-state index contributed by atoms with van der Waals surface area (Å²) >= 11 is 5.88. The molecule has 0 unspecified atom stereocenters. The number of benzene rings is 1. The van der Waals surface area contributed by atoms with Gasteiger partial charge in [0, 0.05) is 11.8 Å². The summed E-state index contributed by atoms with van der Waals surface area (Å²) in [4.78, 5) is 10.4. The Morgan fingerprint density at radius 2 is 2.33 bits per heavy atom. The summed E-state index contributed by atoms with van der Waals surface area (Å²) in [5.74, 6) is -0.854. The molecule has 1 heterocycles. The molecule has 0 bridgehead atoms. The van der Waals surface area contributed by atoms with Gasteiger partial charge in [0.05, 0.1) is 17.1 Å². The molecule has 1 N–H and O–H groups in total. The number of carboxylic acid groups (broad SMARTS) is 1. The van der Waals surface area contributed by atoms with Crippen LogP contribution < -0.4 is 0 Å². The molecule has 0 atom stereocenters. The van der Waals surface area contributed by atoms with Gasteiger partial charge in [0.1, 0.15) is 0 Å². The van der Waals surface area contributed by atoms with Crippen LogP contribution in [0.4, 0.5) is 0 Å². The first-order valence-corrected chi connectivity index (χ1v) is 4.81. The average molecular weight is 226 g/mol. The maximum absolute atomic E-state index is 10.4. The Labute approximate surface area is 90.4 Å². The molecule has 78 valence electrons. The molecule has 2 rings (SSSR count). The van der Waals surface area contributed by atoms with Gasteiger partial charge in [-0.05, 0) is 12.1 Å². The van der Waals surface area contributed by atoms with Gasteiger partial charge in [-0.2, -0.15) is 0 Å². The molecule has 4 nitrogen and oxygen atoms in total. The van der Waals surface area contributed by atoms with Crippen molar-refractivity contribution in [2.45, 2.75) is 12.8 Å². The first-order valence-electron chi connectivity index (χ1n) is 4.43. The first-order chi connectivity index (χ1) is 7.18. The first kappa shape index (κ1) is 9.98. The minimum Gasteiger partial charge on any atom is -0.481 e. The maximum Gasteiger partial charge on any atom is 0.303 e. The molecule has 0 radical (unpaired) electrons. The highest BCUT2D eigenvalue weighted by Crippen LogP contribution is 2.26. The second kappa shape index (κ2) is 3.90. The van der Waals surface area contributed by atoms with Gasteiger partial charge < -0.3 is 9.63 Å². The van der Waals surface area contributed by atoms with Crippen LogP contribution in [-0.4, -0.2) is 16.2 Å². The van der Waals surface area contributed by atoms with Crippen LogP contribution >= 0.6 is 11.6 Å². The summed E-state index contributed by atoms with van der Waals surface area (Å²) in [6.07, 6.45) is 0.386. The fourth-order valence-corrected chi connectivity index (χ4v) is 1.59. The van der Waals surface area contributed by atoms with Crippen molar-refractivity contribution in [1.82, 2.24) is 5.16 Å². The third-order valence-corrected chi connectivity index (χ3v) is 2.40.